The Hall–Kier alpha value is -1.80. The third kappa shape index (κ3) is 6.09. The minimum atomic E-state index is -4.02. The molecule has 0 radical (unpaired) electrons. The van der Waals surface area contributed by atoms with Crippen LogP contribution in [0.15, 0.2) is 65.2 Å². The van der Waals surface area contributed by atoms with Crippen LogP contribution in [0.4, 0.5) is 0 Å². The lowest BCUT2D eigenvalue weighted by Gasteiger charge is -2.28. The Kier molecular flexibility index (Phi) is 7.05. The third-order valence-corrected chi connectivity index (χ3v) is 7.18. The zero-order valence-corrected chi connectivity index (χ0v) is 18.3. The molecule has 0 aromatic heterocycles. The molecule has 5 nitrogen and oxygen atoms in total. The normalized spacial score (nSPS) is 18.6. The molecule has 2 aliphatic heterocycles. The van der Waals surface area contributed by atoms with Gasteiger partial charge in [0.1, 0.15) is 0 Å². The number of benzene rings is 2. The second kappa shape index (κ2) is 9.34. The molecular formula is C21H22ClNO4S2. The van der Waals surface area contributed by atoms with Gasteiger partial charge < -0.3 is 4.90 Å². The molecule has 1 saturated heterocycles. The largest absolute Gasteiger partial charge is 0.373 e. The van der Waals surface area contributed by atoms with Crippen LogP contribution in [-0.2, 0) is 21.5 Å². The number of hydrogen-bond donors (Lipinski definition) is 1. The second-order valence-electron chi connectivity index (χ2n) is 7.00. The van der Waals surface area contributed by atoms with Crippen LogP contribution in [0.2, 0.25) is 5.02 Å². The molecular weight excluding hydrogens is 430 g/mol. The zero-order chi connectivity index (χ0) is 21.0. The van der Waals surface area contributed by atoms with Crippen molar-refractivity contribution in [3.8, 4) is 0 Å². The van der Waals surface area contributed by atoms with Gasteiger partial charge in [0.25, 0.3) is 10.1 Å². The Morgan fingerprint density at radius 1 is 1.17 bits per heavy atom. The summed E-state index contributed by atoms with van der Waals surface area (Å²) in [5, 5.41) is 1.56. The van der Waals surface area contributed by atoms with Gasteiger partial charge in [-0.2, -0.15) is 8.42 Å². The smallest absolute Gasteiger partial charge is 0.294 e. The van der Waals surface area contributed by atoms with Crippen LogP contribution in [0.5, 0.6) is 0 Å². The van der Waals surface area contributed by atoms with E-state index in [-0.39, 0.29) is 4.90 Å². The van der Waals surface area contributed by atoms with Crippen LogP contribution in [0.1, 0.15) is 24.0 Å². The number of carbonyl (C=O) groups is 1. The van der Waals surface area contributed by atoms with E-state index in [2.05, 4.69) is 17.2 Å². The summed E-state index contributed by atoms with van der Waals surface area (Å²) < 4.78 is 29.6. The van der Waals surface area contributed by atoms with Gasteiger partial charge in [-0.15, -0.1) is 0 Å². The Morgan fingerprint density at radius 2 is 1.86 bits per heavy atom. The first-order valence-corrected chi connectivity index (χ1v) is 11.8. The predicted octanol–water partition coefficient (Wildman–Crippen LogP) is 4.70. The SMILES string of the molecule is Cc1ccc(S(=O)(=O)O)cc1.O=C1CC2=CN(Cc3ccccc3Cl)CCC2S1. The Bertz CT molecular complexity index is 1020. The van der Waals surface area contributed by atoms with Gasteiger partial charge in [-0.05, 0) is 42.7 Å². The van der Waals surface area contributed by atoms with Gasteiger partial charge >= 0.3 is 0 Å². The van der Waals surface area contributed by atoms with E-state index in [1.54, 1.807) is 12.1 Å². The van der Waals surface area contributed by atoms with E-state index in [1.807, 2.05) is 25.1 Å². The van der Waals surface area contributed by atoms with Crippen molar-refractivity contribution < 1.29 is 17.8 Å². The summed E-state index contributed by atoms with van der Waals surface area (Å²) in [6.07, 6.45) is 3.84. The Morgan fingerprint density at radius 3 is 2.52 bits per heavy atom. The first-order valence-electron chi connectivity index (χ1n) is 9.14. The van der Waals surface area contributed by atoms with Crippen LogP contribution < -0.4 is 0 Å². The van der Waals surface area contributed by atoms with Crippen molar-refractivity contribution in [2.24, 2.45) is 0 Å². The fraction of sp³-hybridized carbons (Fsp3) is 0.286. The minimum Gasteiger partial charge on any atom is -0.373 e. The van der Waals surface area contributed by atoms with Gasteiger partial charge in [-0.3, -0.25) is 9.35 Å². The highest BCUT2D eigenvalue weighted by molar-refractivity contribution is 8.14. The van der Waals surface area contributed by atoms with E-state index in [1.165, 1.54) is 29.5 Å². The van der Waals surface area contributed by atoms with Gasteiger partial charge in [-0.25, -0.2) is 0 Å². The van der Waals surface area contributed by atoms with Gasteiger partial charge in [0, 0.05) is 36.0 Å². The van der Waals surface area contributed by atoms with Gasteiger partial charge in [-0.1, -0.05) is 59.3 Å². The van der Waals surface area contributed by atoms with Gasteiger partial charge in [0.05, 0.1) is 4.90 Å². The highest BCUT2D eigenvalue weighted by Gasteiger charge is 2.31. The fourth-order valence-electron chi connectivity index (χ4n) is 3.19. The van der Waals surface area contributed by atoms with Crippen molar-refractivity contribution in [2.75, 3.05) is 6.54 Å². The van der Waals surface area contributed by atoms with Crippen LogP contribution in [0, 0.1) is 6.92 Å². The van der Waals surface area contributed by atoms with Crippen molar-refractivity contribution in [2.45, 2.75) is 36.5 Å². The maximum Gasteiger partial charge on any atom is 0.294 e. The molecule has 0 spiro atoms. The quantitative estimate of drug-likeness (QED) is 0.681. The first-order chi connectivity index (χ1) is 13.7. The van der Waals surface area contributed by atoms with Crippen molar-refractivity contribution >= 4 is 38.6 Å². The zero-order valence-electron chi connectivity index (χ0n) is 15.9. The highest BCUT2D eigenvalue weighted by atomic mass is 35.5. The molecule has 2 aromatic rings. The molecule has 1 fully saturated rings. The molecule has 4 rings (SSSR count). The number of halogens is 1. The summed E-state index contributed by atoms with van der Waals surface area (Å²) in [5.74, 6) is 0. The van der Waals surface area contributed by atoms with Crippen LogP contribution >= 0.6 is 23.4 Å². The minimum absolute atomic E-state index is 0.0666. The standard InChI is InChI=1S/C14H14ClNOS.C7H8O3S/c15-12-4-2-1-3-10(12)8-16-6-5-13-11(9-16)7-14(17)18-13;1-6-2-4-7(5-3-6)11(8,9)10/h1-4,9,13H,5-8H2;2-5H,1H3,(H,8,9,10). The van der Waals surface area contributed by atoms with Crippen LogP contribution in [-0.4, -0.2) is 34.8 Å². The summed E-state index contributed by atoms with van der Waals surface area (Å²) in [7, 11) is -4.02. The Labute approximate surface area is 180 Å². The molecule has 1 atom stereocenters. The lowest BCUT2D eigenvalue weighted by Crippen LogP contribution is -2.26. The average molecular weight is 452 g/mol. The van der Waals surface area contributed by atoms with E-state index in [9.17, 15) is 13.2 Å². The molecule has 2 heterocycles. The number of thioether (sulfide) groups is 1. The fourth-order valence-corrected chi connectivity index (χ4v) is 4.95. The van der Waals surface area contributed by atoms with Crippen LogP contribution in [0.3, 0.4) is 0 Å². The van der Waals surface area contributed by atoms with Crippen LogP contribution in [0.25, 0.3) is 0 Å². The lowest BCUT2D eigenvalue weighted by molar-refractivity contribution is -0.110. The number of hydrogen-bond acceptors (Lipinski definition) is 5. The van der Waals surface area contributed by atoms with E-state index in [0.29, 0.717) is 16.8 Å². The highest BCUT2D eigenvalue weighted by Crippen LogP contribution is 2.38. The van der Waals surface area contributed by atoms with E-state index in [4.69, 9.17) is 16.2 Å². The number of rotatable bonds is 3. The topological polar surface area (TPSA) is 74.7 Å². The van der Waals surface area contributed by atoms with Crippen molar-refractivity contribution in [3.05, 3.63) is 76.5 Å². The van der Waals surface area contributed by atoms with E-state index in [0.717, 1.165) is 35.7 Å². The first kappa shape index (κ1) is 21.9. The summed E-state index contributed by atoms with van der Waals surface area (Å²) in [4.78, 5) is 13.6. The molecule has 2 aromatic carbocycles. The van der Waals surface area contributed by atoms with Crippen molar-refractivity contribution in [3.63, 3.8) is 0 Å². The molecule has 0 saturated carbocycles. The predicted molar refractivity (Wildman–Crippen MR) is 117 cm³/mol. The Balaban J connectivity index is 0.000000188. The molecule has 2 aliphatic rings. The molecule has 0 bridgehead atoms. The average Bonchev–Trinajstić information content (AvgIpc) is 3.03. The molecule has 1 unspecified atom stereocenters. The van der Waals surface area contributed by atoms with Crippen molar-refractivity contribution in [1.82, 2.24) is 4.90 Å². The maximum atomic E-state index is 11.4. The summed E-state index contributed by atoms with van der Waals surface area (Å²) in [6.45, 7) is 3.67. The molecule has 29 heavy (non-hydrogen) atoms. The second-order valence-corrected chi connectivity index (χ2v) is 10.1. The maximum absolute atomic E-state index is 11.4. The molecule has 0 aliphatic carbocycles. The summed E-state index contributed by atoms with van der Waals surface area (Å²) >= 11 is 7.67. The van der Waals surface area contributed by atoms with E-state index < -0.39 is 10.1 Å². The lowest BCUT2D eigenvalue weighted by atomic mass is 10.0. The number of carbonyl (C=O) groups excluding carboxylic acids is 1. The molecule has 8 heteroatoms. The summed E-state index contributed by atoms with van der Waals surface area (Å²) in [5.41, 5.74) is 3.38. The van der Waals surface area contributed by atoms with E-state index >= 15 is 0 Å². The molecule has 154 valence electrons. The van der Waals surface area contributed by atoms with Gasteiger partial charge in [0.2, 0.25) is 0 Å². The number of fused-ring (bicyclic) bond motifs is 1. The molecule has 0 amide bonds. The van der Waals surface area contributed by atoms with Crippen molar-refractivity contribution in [1.29, 1.82) is 0 Å². The van der Waals surface area contributed by atoms with Gasteiger partial charge in [0.15, 0.2) is 5.12 Å². The monoisotopic (exact) mass is 451 g/mol. The number of aryl methyl sites for hydroxylation is 1. The molecule has 1 N–H and O–H groups in total. The number of nitrogens with zero attached hydrogens (tertiary/aromatic N) is 1. The summed E-state index contributed by atoms with van der Waals surface area (Å²) in [6, 6.07) is 13.9. The third-order valence-electron chi connectivity index (χ3n) is 4.71.